The Morgan fingerprint density at radius 3 is 3.06 bits per heavy atom. The summed E-state index contributed by atoms with van der Waals surface area (Å²) in [5, 5.41) is 2.05. The Labute approximate surface area is 109 Å². The zero-order valence-corrected chi connectivity index (χ0v) is 10.8. The number of hydrogen-bond donors (Lipinski definition) is 1. The average Bonchev–Trinajstić information content (AvgIpc) is 2.95. The molecule has 0 aliphatic heterocycles. The lowest BCUT2D eigenvalue weighted by Crippen LogP contribution is -1.97. The van der Waals surface area contributed by atoms with E-state index in [0.717, 1.165) is 22.0 Å². The number of benzene rings is 1. The molecule has 0 fully saturated rings. The Morgan fingerprint density at radius 1 is 1.39 bits per heavy atom. The number of para-hydroxylation sites is 1. The van der Waals surface area contributed by atoms with Gasteiger partial charge in [0.25, 0.3) is 0 Å². The summed E-state index contributed by atoms with van der Waals surface area (Å²) in [5.41, 5.74) is 8.01. The number of thiazole rings is 1. The topological polar surface area (TPSA) is 52.5 Å². The molecular formula is C13H13N3OS. The zero-order chi connectivity index (χ0) is 12.5. The number of aromatic nitrogens is 2. The van der Waals surface area contributed by atoms with E-state index in [1.807, 2.05) is 35.6 Å². The van der Waals surface area contributed by atoms with E-state index >= 15 is 0 Å². The normalized spacial score (nSPS) is 10.9. The number of nitrogen functional groups attached to an aromatic ring is 1. The monoisotopic (exact) mass is 259 g/mol. The van der Waals surface area contributed by atoms with Crippen LogP contribution in [0.5, 0.6) is 5.75 Å². The minimum atomic E-state index is 0.643. The van der Waals surface area contributed by atoms with Crippen LogP contribution in [0.3, 0.4) is 0 Å². The van der Waals surface area contributed by atoms with Crippen molar-refractivity contribution in [2.24, 2.45) is 0 Å². The number of imidazole rings is 1. The van der Waals surface area contributed by atoms with E-state index in [0.29, 0.717) is 12.4 Å². The van der Waals surface area contributed by atoms with Crippen molar-refractivity contribution in [1.29, 1.82) is 0 Å². The van der Waals surface area contributed by atoms with Gasteiger partial charge in [0.05, 0.1) is 18.5 Å². The van der Waals surface area contributed by atoms with Gasteiger partial charge in [0.2, 0.25) is 0 Å². The number of nitrogens with two attached hydrogens (primary N) is 1. The molecule has 0 radical (unpaired) electrons. The van der Waals surface area contributed by atoms with E-state index in [1.54, 1.807) is 17.5 Å². The highest BCUT2D eigenvalue weighted by Gasteiger charge is 2.13. The van der Waals surface area contributed by atoms with Gasteiger partial charge in [-0.3, -0.25) is 4.40 Å². The highest BCUT2D eigenvalue weighted by molar-refractivity contribution is 7.15. The van der Waals surface area contributed by atoms with Crippen LogP contribution in [-0.4, -0.2) is 16.0 Å². The van der Waals surface area contributed by atoms with Gasteiger partial charge in [0, 0.05) is 10.9 Å². The Morgan fingerprint density at radius 2 is 2.22 bits per heavy atom. The van der Waals surface area contributed by atoms with Crippen LogP contribution in [0.2, 0.25) is 0 Å². The van der Waals surface area contributed by atoms with Gasteiger partial charge in [-0.1, -0.05) is 12.1 Å². The van der Waals surface area contributed by atoms with Gasteiger partial charge in [-0.2, -0.15) is 0 Å². The van der Waals surface area contributed by atoms with E-state index in [9.17, 15) is 0 Å². The SMILES string of the molecule is CCOc1ccccc1-c1csc2ncc(N)n12. The van der Waals surface area contributed by atoms with E-state index < -0.39 is 0 Å². The van der Waals surface area contributed by atoms with Gasteiger partial charge < -0.3 is 10.5 Å². The first-order valence-electron chi connectivity index (χ1n) is 5.74. The number of hydrogen-bond acceptors (Lipinski definition) is 4. The van der Waals surface area contributed by atoms with Gasteiger partial charge in [-0.05, 0) is 19.1 Å². The lowest BCUT2D eigenvalue weighted by Gasteiger charge is -2.09. The summed E-state index contributed by atoms with van der Waals surface area (Å²) in [6.07, 6.45) is 1.68. The largest absolute Gasteiger partial charge is 0.493 e. The molecule has 0 saturated carbocycles. The van der Waals surface area contributed by atoms with Crippen molar-refractivity contribution >= 4 is 22.1 Å². The molecule has 92 valence electrons. The number of anilines is 1. The zero-order valence-electron chi connectivity index (χ0n) is 9.96. The van der Waals surface area contributed by atoms with Crippen molar-refractivity contribution in [1.82, 2.24) is 9.38 Å². The van der Waals surface area contributed by atoms with Crippen LogP contribution in [-0.2, 0) is 0 Å². The van der Waals surface area contributed by atoms with Gasteiger partial charge in [0.1, 0.15) is 11.6 Å². The second-order valence-electron chi connectivity index (χ2n) is 3.85. The van der Waals surface area contributed by atoms with Crippen LogP contribution in [0.1, 0.15) is 6.92 Å². The molecular weight excluding hydrogens is 246 g/mol. The molecule has 2 N–H and O–H groups in total. The van der Waals surface area contributed by atoms with E-state index in [2.05, 4.69) is 10.4 Å². The van der Waals surface area contributed by atoms with Gasteiger partial charge in [0.15, 0.2) is 4.96 Å². The first-order valence-corrected chi connectivity index (χ1v) is 6.62. The van der Waals surface area contributed by atoms with Gasteiger partial charge in [-0.25, -0.2) is 4.98 Å². The second-order valence-corrected chi connectivity index (χ2v) is 4.69. The molecule has 0 aliphatic carbocycles. The van der Waals surface area contributed by atoms with Crippen LogP contribution in [0.15, 0.2) is 35.8 Å². The molecule has 0 atom stereocenters. The highest BCUT2D eigenvalue weighted by atomic mass is 32.1. The lowest BCUT2D eigenvalue weighted by atomic mass is 10.1. The van der Waals surface area contributed by atoms with Gasteiger partial charge in [-0.15, -0.1) is 11.3 Å². The molecule has 3 rings (SSSR count). The molecule has 3 aromatic rings. The van der Waals surface area contributed by atoms with Crippen LogP contribution in [0, 0.1) is 0 Å². The maximum atomic E-state index is 5.95. The van der Waals surface area contributed by atoms with Crippen LogP contribution >= 0.6 is 11.3 Å². The molecule has 4 nitrogen and oxygen atoms in total. The third kappa shape index (κ3) is 1.64. The van der Waals surface area contributed by atoms with Crippen molar-refractivity contribution in [3.05, 3.63) is 35.8 Å². The highest BCUT2D eigenvalue weighted by Crippen LogP contribution is 2.34. The quantitative estimate of drug-likeness (QED) is 0.786. The molecule has 0 bridgehead atoms. The Hall–Kier alpha value is -2.01. The first kappa shape index (κ1) is 11.1. The third-order valence-corrected chi connectivity index (χ3v) is 3.58. The maximum absolute atomic E-state index is 5.95. The fourth-order valence-electron chi connectivity index (χ4n) is 1.98. The van der Waals surface area contributed by atoms with E-state index in [-0.39, 0.29) is 0 Å². The molecule has 0 unspecified atom stereocenters. The van der Waals surface area contributed by atoms with E-state index in [1.165, 1.54) is 0 Å². The van der Waals surface area contributed by atoms with Crippen molar-refractivity contribution in [2.75, 3.05) is 12.3 Å². The summed E-state index contributed by atoms with van der Waals surface area (Å²) < 4.78 is 7.60. The van der Waals surface area contributed by atoms with Crippen LogP contribution in [0.4, 0.5) is 5.82 Å². The van der Waals surface area contributed by atoms with Crippen molar-refractivity contribution in [2.45, 2.75) is 6.92 Å². The predicted octanol–water partition coefficient (Wildman–Crippen LogP) is 3.04. The Balaban J connectivity index is 2.22. The molecule has 2 aromatic heterocycles. The summed E-state index contributed by atoms with van der Waals surface area (Å²) >= 11 is 1.57. The molecule has 18 heavy (non-hydrogen) atoms. The standard InChI is InChI=1S/C13H13N3OS/c1-2-17-11-6-4-3-5-9(11)10-8-18-13-15-7-12(14)16(10)13/h3-8H,2,14H2,1H3. The van der Waals surface area contributed by atoms with Crippen LogP contribution < -0.4 is 10.5 Å². The Kier molecular flexibility index (Phi) is 2.68. The fourth-order valence-corrected chi connectivity index (χ4v) is 2.85. The smallest absolute Gasteiger partial charge is 0.195 e. The van der Waals surface area contributed by atoms with E-state index in [4.69, 9.17) is 10.5 Å². The number of ether oxygens (including phenoxy) is 1. The minimum Gasteiger partial charge on any atom is -0.493 e. The number of fused-ring (bicyclic) bond motifs is 1. The minimum absolute atomic E-state index is 0.643. The lowest BCUT2D eigenvalue weighted by molar-refractivity contribution is 0.341. The van der Waals surface area contributed by atoms with Crippen molar-refractivity contribution in [3.8, 4) is 17.0 Å². The summed E-state index contributed by atoms with van der Waals surface area (Å²) in [7, 11) is 0. The Bertz CT molecular complexity index is 686. The van der Waals surface area contributed by atoms with Gasteiger partial charge >= 0.3 is 0 Å². The summed E-state index contributed by atoms with van der Waals surface area (Å²) in [5.74, 6) is 1.51. The summed E-state index contributed by atoms with van der Waals surface area (Å²) in [6, 6.07) is 7.96. The maximum Gasteiger partial charge on any atom is 0.195 e. The molecule has 0 aliphatic rings. The average molecular weight is 259 g/mol. The fraction of sp³-hybridized carbons (Fsp3) is 0.154. The molecule has 0 saturated heterocycles. The second kappa shape index (κ2) is 4.34. The summed E-state index contributed by atoms with van der Waals surface area (Å²) in [6.45, 7) is 2.62. The number of rotatable bonds is 3. The molecule has 0 spiro atoms. The molecule has 0 amide bonds. The summed E-state index contributed by atoms with van der Waals surface area (Å²) in [4.78, 5) is 5.15. The molecule has 2 heterocycles. The first-order chi connectivity index (χ1) is 8.81. The third-order valence-electron chi connectivity index (χ3n) is 2.74. The van der Waals surface area contributed by atoms with Crippen molar-refractivity contribution in [3.63, 3.8) is 0 Å². The predicted molar refractivity (Wildman–Crippen MR) is 74.1 cm³/mol. The number of nitrogens with zero attached hydrogens (tertiary/aromatic N) is 2. The molecule has 5 heteroatoms. The van der Waals surface area contributed by atoms with Crippen molar-refractivity contribution < 1.29 is 4.74 Å². The van der Waals surface area contributed by atoms with Crippen LogP contribution in [0.25, 0.3) is 16.2 Å². The molecule has 1 aromatic carbocycles.